The third-order valence-electron chi connectivity index (χ3n) is 1.90. The Hall–Kier alpha value is -1.06. The first kappa shape index (κ1) is 13.9. The van der Waals surface area contributed by atoms with E-state index in [4.69, 9.17) is 10.5 Å². The molecule has 4 heteroatoms. The molecule has 0 aliphatic heterocycles. The summed E-state index contributed by atoms with van der Waals surface area (Å²) in [5, 5.41) is 0. The van der Waals surface area contributed by atoms with Gasteiger partial charge < -0.3 is 10.5 Å². The molecule has 0 amide bonds. The van der Waals surface area contributed by atoms with Gasteiger partial charge in [0.15, 0.2) is 0 Å². The summed E-state index contributed by atoms with van der Waals surface area (Å²) in [6, 6.07) is 9.30. The van der Waals surface area contributed by atoms with Gasteiger partial charge in [-0.05, 0) is 12.5 Å². The molecule has 0 unspecified atom stereocenters. The zero-order valence-electron chi connectivity index (χ0n) is 8.84. The van der Waals surface area contributed by atoms with E-state index in [1.807, 2.05) is 37.3 Å². The Balaban J connectivity index is 0.00000196. The Morgan fingerprint density at radius 2 is 1.87 bits per heavy atom. The van der Waals surface area contributed by atoms with E-state index in [0.29, 0.717) is 0 Å². The van der Waals surface area contributed by atoms with E-state index in [0.717, 1.165) is 5.56 Å². The van der Waals surface area contributed by atoms with Crippen LogP contribution < -0.4 is 5.73 Å². The van der Waals surface area contributed by atoms with Gasteiger partial charge in [-0.25, -0.2) is 0 Å². The molecule has 15 heavy (non-hydrogen) atoms. The Morgan fingerprint density at radius 1 is 1.33 bits per heavy atom. The predicted molar refractivity (Wildman–Crippen MR) is 61.8 cm³/mol. The Kier molecular flexibility index (Phi) is 5.97. The molecule has 0 bridgehead atoms. The second-order valence-corrected chi connectivity index (χ2v) is 3.30. The van der Waals surface area contributed by atoms with Crippen molar-refractivity contribution in [1.82, 2.24) is 0 Å². The van der Waals surface area contributed by atoms with Crippen molar-refractivity contribution in [2.75, 3.05) is 0 Å². The monoisotopic (exact) mass is 229 g/mol. The fourth-order valence-corrected chi connectivity index (χ4v) is 1.30. The molecular formula is C11H16ClNO2. The molecule has 84 valence electrons. The van der Waals surface area contributed by atoms with Gasteiger partial charge in [0.1, 0.15) is 6.10 Å². The fraction of sp³-hybridized carbons (Fsp3) is 0.364. The van der Waals surface area contributed by atoms with Crippen LogP contribution in [0.15, 0.2) is 30.3 Å². The third kappa shape index (κ3) is 4.32. The molecule has 2 N–H and O–H groups in total. The molecule has 3 nitrogen and oxygen atoms in total. The molecule has 0 aromatic heterocycles. The number of carbonyl (C=O) groups is 1. The summed E-state index contributed by atoms with van der Waals surface area (Å²) in [5.74, 6) is -0.309. The molecule has 0 saturated heterocycles. The lowest BCUT2D eigenvalue weighted by atomic mass is 10.0. The number of carbonyl (C=O) groups excluding carboxylic acids is 1. The zero-order valence-corrected chi connectivity index (χ0v) is 9.66. The molecule has 0 spiro atoms. The second-order valence-electron chi connectivity index (χ2n) is 3.30. The molecule has 0 fully saturated rings. The summed E-state index contributed by atoms with van der Waals surface area (Å²) in [6.45, 7) is 3.21. The quantitative estimate of drug-likeness (QED) is 0.808. The molecule has 0 aliphatic rings. The lowest BCUT2D eigenvalue weighted by Crippen LogP contribution is -2.28. The van der Waals surface area contributed by atoms with Crippen LogP contribution >= 0.6 is 12.4 Å². The fourth-order valence-electron chi connectivity index (χ4n) is 1.30. The molecule has 0 heterocycles. The smallest absolute Gasteiger partial charge is 0.303 e. The highest BCUT2D eigenvalue weighted by molar-refractivity contribution is 5.85. The Morgan fingerprint density at radius 3 is 2.27 bits per heavy atom. The van der Waals surface area contributed by atoms with Crippen LogP contribution in [0.25, 0.3) is 0 Å². The van der Waals surface area contributed by atoms with Crippen molar-refractivity contribution in [3.8, 4) is 0 Å². The summed E-state index contributed by atoms with van der Waals surface area (Å²) in [6.07, 6.45) is -0.353. The predicted octanol–water partition coefficient (Wildman–Crippen LogP) is 2.06. The maximum Gasteiger partial charge on any atom is 0.303 e. The summed E-state index contributed by atoms with van der Waals surface area (Å²) < 4.78 is 5.13. The lowest BCUT2D eigenvalue weighted by molar-refractivity contribution is -0.147. The van der Waals surface area contributed by atoms with E-state index in [9.17, 15) is 4.79 Å². The van der Waals surface area contributed by atoms with Crippen molar-refractivity contribution in [2.24, 2.45) is 5.73 Å². The minimum absolute atomic E-state index is 0. The Labute approximate surface area is 96.0 Å². The van der Waals surface area contributed by atoms with Gasteiger partial charge in [0.2, 0.25) is 0 Å². The van der Waals surface area contributed by atoms with E-state index < -0.39 is 0 Å². The van der Waals surface area contributed by atoms with Crippen molar-refractivity contribution >= 4 is 18.4 Å². The first-order chi connectivity index (χ1) is 6.61. The van der Waals surface area contributed by atoms with Gasteiger partial charge in [-0.1, -0.05) is 30.3 Å². The van der Waals surface area contributed by atoms with E-state index >= 15 is 0 Å². The number of benzene rings is 1. The number of hydrogen-bond acceptors (Lipinski definition) is 3. The third-order valence-corrected chi connectivity index (χ3v) is 1.90. The minimum atomic E-state index is -0.353. The number of rotatable bonds is 3. The highest BCUT2D eigenvalue weighted by Gasteiger charge is 2.18. The second kappa shape index (κ2) is 6.43. The van der Waals surface area contributed by atoms with Crippen molar-refractivity contribution in [3.63, 3.8) is 0 Å². The number of halogens is 1. The van der Waals surface area contributed by atoms with Crippen molar-refractivity contribution in [1.29, 1.82) is 0 Å². The van der Waals surface area contributed by atoms with Gasteiger partial charge in [-0.15, -0.1) is 12.4 Å². The standard InChI is InChI=1S/C11H15NO2.ClH/c1-8(12)11(14-9(2)13)10-6-4-3-5-7-10;/h3-8,11H,12H2,1-2H3;1H/t8-,11-;/m1./s1. The topological polar surface area (TPSA) is 52.3 Å². The van der Waals surface area contributed by atoms with Crippen LogP contribution in [0.1, 0.15) is 25.5 Å². The lowest BCUT2D eigenvalue weighted by Gasteiger charge is -2.20. The SMILES string of the molecule is CC(=O)O[C@@H](c1ccccc1)[C@@H](C)N.Cl. The van der Waals surface area contributed by atoms with Crippen LogP contribution in [0, 0.1) is 0 Å². The van der Waals surface area contributed by atoms with E-state index in [1.54, 1.807) is 0 Å². The Bertz CT molecular complexity index is 301. The highest BCUT2D eigenvalue weighted by atomic mass is 35.5. The average Bonchev–Trinajstić information content (AvgIpc) is 2.15. The molecule has 0 aliphatic carbocycles. The molecular weight excluding hydrogens is 214 g/mol. The first-order valence-electron chi connectivity index (χ1n) is 4.59. The van der Waals surface area contributed by atoms with Crippen LogP contribution in [-0.4, -0.2) is 12.0 Å². The summed E-state index contributed by atoms with van der Waals surface area (Å²) >= 11 is 0. The molecule has 1 aromatic rings. The number of esters is 1. The zero-order chi connectivity index (χ0) is 10.6. The normalized spacial score (nSPS) is 13.5. The van der Waals surface area contributed by atoms with Crippen LogP contribution in [0.2, 0.25) is 0 Å². The largest absolute Gasteiger partial charge is 0.456 e. The van der Waals surface area contributed by atoms with Crippen molar-refractivity contribution in [2.45, 2.75) is 26.0 Å². The first-order valence-corrected chi connectivity index (χ1v) is 4.59. The van der Waals surface area contributed by atoms with Gasteiger partial charge in [0, 0.05) is 13.0 Å². The number of nitrogens with two attached hydrogens (primary N) is 1. The van der Waals surface area contributed by atoms with E-state index in [2.05, 4.69) is 0 Å². The maximum atomic E-state index is 10.9. The summed E-state index contributed by atoms with van der Waals surface area (Å²) in [4.78, 5) is 10.9. The molecule has 1 rings (SSSR count). The summed E-state index contributed by atoms with van der Waals surface area (Å²) in [7, 11) is 0. The van der Waals surface area contributed by atoms with Crippen LogP contribution in [-0.2, 0) is 9.53 Å². The average molecular weight is 230 g/mol. The van der Waals surface area contributed by atoms with Gasteiger partial charge >= 0.3 is 5.97 Å². The van der Waals surface area contributed by atoms with Crippen LogP contribution in [0.4, 0.5) is 0 Å². The molecule has 2 atom stereocenters. The van der Waals surface area contributed by atoms with Gasteiger partial charge in [-0.3, -0.25) is 4.79 Å². The van der Waals surface area contributed by atoms with Crippen LogP contribution in [0.3, 0.4) is 0 Å². The maximum absolute atomic E-state index is 10.9. The summed E-state index contributed by atoms with van der Waals surface area (Å²) in [5.41, 5.74) is 6.67. The molecule has 1 aromatic carbocycles. The van der Waals surface area contributed by atoms with E-state index in [1.165, 1.54) is 6.92 Å². The molecule has 0 saturated carbocycles. The van der Waals surface area contributed by atoms with Crippen molar-refractivity contribution in [3.05, 3.63) is 35.9 Å². The highest BCUT2D eigenvalue weighted by Crippen LogP contribution is 2.19. The minimum Gasteiger partial charge on any atom is -0.456 e. The van der Waals surface area contributed by atoms with Gasteiger partial charge in [0.25, 0.3) is 0 Å². The van der Waals surface area contributed by atoms with Gasteiger partial charge in [0.05, 0.1) is 0 Å². The van der Waals surface area contributed by atoms with Crippen LogP contribution in [0.5, 0.6) is 0 Å². The molecule has 0 radical (unpaired) electrons. The van der Waals surface area contributed by atoms with E-state index in [-0.39, 0.29) is 30.5 Å². The number of hydrogen-bond donors (Lipinski definition) is 1. The van der Waals surface area contributed by atoms with Crippen molar-refractivity contribution < 1.29 is 9.53 Å². The number of ether oxygens (including phenoxy) is 1. The van der Waals surface area contributed by atoms with Gasteiger partial charge in [-0.2, -0.15) is 0 Å².